The molecule has 0 spiro atoms. The van der Waals surface area contributed by atoms with Gasteiger partial charge in [-0.2, -0.15) is 0 Å². The Morgan fingerprint density at radius 3 is 2.45 bits per heavy atom. The van der Waals surface area contributed by atoms with Crippen LogP contribution in [0.4, 0.5) is 4.79 Å². The summed E-state index contributed by atoms with van der Waals surface area (Å²) in [6, 6.07) is 9.16. The molecule has 1 aromatic carbocycles. The van der Waals surface area contributed by atoms with E-state index in [-0.39, 0.29) is 36.5 Å². The topological polar surface area (TPSA) is 121 Å². The predicted octanol–water partition coefficient (Wildman–Crippen LogP) is 3.33. The van der Waals surface area contributed by atoms with Gasteiger partial charge in [-0.05, 0) is 56.6 Å². The number of piperidine rings is 1. The molecule has 0 bridgehead atoms. The molecule has 0 unspecified atom stereocenters. The zero-order chi connectivity index (χ0) is 28.6. The van der Waals surface area contributed by atoms with Crippen LogP contribution in [0.2, 0.25) is 0 Å². The third kappa shape index (κ3) is 6.99. The molecule has 0 saturated carbocycles. The number of para-hydroxylation sites is 1. The molecule has 0 aliphatic carbocycles. The lowest BCUT2D eigenvalue weighted by Gasteiger charge is -2.42. The van der Waals surface area contributed by atoms with Gasteiger partial charge in [-0.15, -0.1) is 5.10 Å². The third-order valence-corrected chi connectivity index (χ3v) is 7.71. The van der Waals surface area contributed by atoms with E-state index in [2.05, 4.69) is 10.3 Å². The van der Waals surface area contributed by atoms with Gasteiger partial charge >= 0.3 is 6.09 Å². The Hall–Kier alpha value is -3.47. The number of unbranched alkanes of at least 4 members (excludes halogenated alkanes) is 1. The van der Waals surface area contributed by atoms with Crippen LogP contribution in [0.3, 0.4) is 0 Å². The number of amides is 3. The standard InChI is InChI=1S/C29H42N6O5/c1-21(2)18-34(24-17-22(19-33(20-24)29(38)39)27(36)32-14-8-9-15-32)28(37)26-25(13-7-10-16-40-3)35(31-30-26)23-11-5-4-6-12-23/h4-6,11-12,21-22,24H,7-10,13-20H2,1-3H3,(H,38,39)/t22-,24+/m1/s1. The molecule has 2 aliphatic rings. The van der Waals surface area contributed by atoms with Crippen molar-refractivity contribution in [2.45, 2.75) is 58.4 Å². The van der Waals surface area contributed by atoms with Gasteiger partial charge in [-0.1, -0.05) is 37.3 Å². The van der Waals surface area contributed by atoms with E-state index in [0.29, 0.717) is 39.1 Å². The number of aromatic nitrogens is 3. The van der Waals surface area contributed by atoms with E-state index in [4.69, 9.17) is 4.74 Å². The maximum absolute atomic E-state index is 14.3. The van der Waals surface area contributed by atoms with Gasteiger partial charge in [-0.3, -0.25) is 9.59 Å². The van der Waals surface area contributed by atoms with Gasteiger partial charge in [0.1, 0.15) is 0 Å². The first kappa shape index (κ1) is 29.5. The molecule has 2 aliphatic heterocycles. The van der Waals surface area contributed by atoms with E-state index >= 15 is 0 Å². The molecule has 2 aromatic rings. The predicted molar refractivity (Wildman–Crippen MR) is 149 cm³/mol. The van der Waals surface area contributed by atoms with Crippen LogP contribution in [-0.4, -0.2) is 105 Å². The van der Waals surface area contributed by atoms with Gasteiger partial charge in [0, 0.05) is 46.4 Å². The van der Waals surface area contributed by atoms with E-state index < -0.39 is 18.1 Å². The third-order valence-electron chi connectivity index (χ3n) is 7.71. The number of rotatable bonds is 11. The SMILES string of the molecule is COCCCCc1c(C(=O)N(CC(C)C)[C@H]2C[C@@H](C(=O)N3CCCC3)CN(C(=O)O)C2)nnn1-c1ccccc1. The summed E-state index contributed by atoms with van der Waals surface area (Å²) in [6.45, 7) is 6.81. The smallest absolute Gasteiger partial charge is 0.407 e. The van der Waals surface area contributed by atoms with Crippen molar-refractivity contribution in [3.63, 3.8) is 0 Å². The Morgan fingerprint density at radius 2 is 1.80 bits per heavy atom. The molecule has 2 saturated heterocycles. The Bertz CT molecular complexity index is 1150. The van der Waals surface area contributed by atoms with Crippen LogP contribution in [0.5, 0.6) is 0 Å². The summed E-state index contributed by atoms with van der Waals surface area (Å²) >= 11 is 0. The fraction of sp³-hybridized carbons (Fsp3) is 0.621. The number of ether oxygens (including phenoxy) is 1. The highest BCUT2D eigenvalue weighted by atomic mass is 16.5. The summed E-state index contributed by atoms with van der Waals surface area (Å²) in [7, 11) is 1.67. The largest absolute Gasteiger partial charge is 0.465 e. The second-order valence-corrected chi connectivity index (χ2v) is 11.2. The Morgan fingerprint density at radius 1 is 1.07 bits per heavy atom. The molecule has 218 valence electrons. The van der Waals surface area contributed by atoms with E-state index in [0.717, 1.165) is 37.1 Å². The number of carboxylic acid groups (broad SMARTS) is 1. The first-order valence-electron chi connectivity index (χ1n) is 14.4. The zero-order valence-corrected chi connectivity index (χ0v) is 23.9. The minimum absolute atomic E-state index is 0.0146. The van der Waals surface area contributed by atoms with Gasteiger partial charge in [0.05, 0.1) is 23.3 Å². The number of nitrogens with zero attached hydrogens (tertiary/aromatic N) is 6. The minimum atomic E-state index is -1.07. The maximum atomic E-state index is 14.3. The van der Waals surface area contributed by atoms with E-state index in [1.54, 1.807) is 16.7 Å². The fourth-order valence-electron chi connectivity index (χ4n) is 5.76. The van der Waals surface area contributed by atoms with Gasteiger partial charge in [0.25, 0.3) is 5.91 Å². The van der Waals surface area contributed by atoms with Crippen LogP contribution in [0.1, 0.15) is 62.1 Å². The van der Waals surface area contributed by atoms with E-state index in [9.17, 15) is 19.5 Å². The molecule has 1 aromatic heterocycles. The van der Waals surface area contributed by atoms with Gasteiger partial charge in [0.2, 0.25) is 5.91 Å². The number of methoxy groups -OCH3 is 1. The number of hydrogen-bond acceptors (Lipinski definition) is 6. The molecule has 3 amide bonds. The average Bonchev–Trinajstić information content (AvgIpc) is 3.64. The molecule has 40 heavy (non-hydrogen) atoms. The Balaban J connectivity index is 1.66. The van der Waals surface area contributed by atoms with Gasteiger partial charge < -0.3 is 24.5 Å². The lowest BCUT2D eigenvalue weighted by atomic mass is 9.91. The van der Waals surface area contributed by atoms with Gasteiger partial charge in [0.15, 0.2) is 5.69 Å². The molecule has 3 heterocycles. The summed E-state index contributed by atoms with van der Waals surface area (Å²) in [4.78, 5) is 44.6. The highest BCUT2D eigenvalue weighted by molar-refractivity contribution is 5.94. The number of likely N-dealkylation sites (tertiary alicyclic amines) is 2. The van der Waals surface area contributed by atoms with Crippen molar-refractivity contribution in [2.75, 3.05) is 46.4 Å². The fourth-order valence-corrected chi connectivity index (χ4v) is 5.76. The minimum Gasteiger partial charge on any atom is -0.465 e. The monoisotopic (exact) mass is 554 g/mol. The van der Waals surface area contributed by atoms with Crippen molar-refractivity contribution in [3.8, 4) is 5.69 Å². The average molecular weight is 555 g/mol. The molecular formula is C29H42N6O5. The van der Waals surface area contributed by atoms with Crippen LogP contribution in [0, 0.1) is 11.8 Å². The number of benzene rings is 1. The van der Waals surface area contributed by atoms with Crippen LogP contribution < -0.4 is 0 Å². The van der Waals surface area contributed by atoms with Crippen molar-refractivity contribution in [3.05, 3.63) is 41.7 Å². The lowest BCUT2D eigenvalue weighted by Crippen LogP contribution is -2.57. The lowest BCUT2D eigenvalue weighted by molar-refractivity contribution is -0.136. The van der Waals surface area contributed by atoms with Crippen molar-refractivity contribution in [2.24, 2.45) is 11.8 Å². The Kier molecular flexibility index (Phi) is 10.1. The normalized spacial score (nSPS) is 19.3. The van der Waals surface area contributed by atoms with E-state index in [1.165, 1.54) is 4.90 Å². The first-order valence-corrected chi connectivity index (χ1v) is 14.4. The van der Waals surface area contributed by atoms with E-state index in [1.807, 2.05) is 49.1 Å². The van der Waals surface area contributed by atoms with Crippen LogP contribution in [-0.2, 0) is 16.0 Å². The van der Waals surface area contributed by atoms with Crippen LogP contribution in [0.15, 0.2) is 30.3 Å². The van der Waals surface area contributed by atoms with Crippen LogP contribution >= 0.6 is 0 Å². The number of hydrogen-bond donors (Lipinski definition) is 1. The summed E-state index contributed by atoms with van der Waals surface area (Å²) in [5, 5.41) is 18.7. The molecule has 0 radical (unpaired) electrons. The zero-order valence-electron chi connectivity index (χ0n) is 23.9. The molecule has 11 nitrogen and oxygen atoms in total. The molecule has 11 heteroatoms. The van der Waals surface area contributed by atoms with Crippen molar-refractivity contribution >= 4 is 17.9 Å². The molecule has 1 N–H and O–H groups in total. The molecule has 2 atom stereocenters. The van der Waals surface area contributed by atoms with Crippen molar-refractivity contribution in [1.82, 2.24) is 29.7 Å². The highest BCUT2D eigenvalue weighted by Gasteiger charge is 2.41. The number of carbonyl (C=O) groups is 3. The van der Waals surface area contributed by atoms with Crippen molar-refractivity contribution < 1.29 is 24.2 Å². The first-order chi connectivity index (χ1) is 19.3. The summed E-state index contributed by atoms with van der Waals surface area (Å²) < 4.78 is 6.93. The number of carbonyl (C=O) groups excluding carboxylic acids is 2. The van der Waals surface area contributed by atoms with Crippen molar-refractivity contribution in [1.29, 1.82) is 0 Å². The molecule has 4 rings (SSSR count). The molecule has 2 fully saturated rings. The second kappa shape index (κ2) is 13.7. The highest BCUT2D eigenvalue weighted by Crippen LogP contribution is 2.27. The van der Waals surface area contributed by atoms with Gasteiger partial charge in [-0.25, -0.2) is 9.48 Å². The quantitative estimate of drug-likeness (QED) is 0.423. The Labute approximate surface area is 236 Å². The summed E-state index contributed by atoms with van der Waals surface area (Å²) in [5.41, 5.74) is 1.81. The summed E-state index contributed by atoms with van der Waals surface area (Å²) in [6.07, 6.45) is 3.49. The van der Waals surface area contributed by atoms with Crippen LogP contribution in [0.25, 0.3) is 5.69 Å². The summed E-state index contributed by atoms with van der Waals surface area (Å²) in [5.74, 6) is -0.642. The maximum Gasteiger partial charge on any atom is 0.407 e. The second-order valence-electron chi connectivity index (χ2n) is 11.2. The molecular weight excluding hydrogens is 512 g/mol.